The fourth-order valence-corrected chi connectivity index (χ4v) is 6.93. The third kappa shape index (κ3) is 4.04. The van der Waals surface area contributed by atoms with E-state index in [1.54, 1.807) is 26.4 Å². The van der Waals surface area contributed by atoms with Crippen LogP contribution in [0.2, 0.25) is 0 Å². The van der Waals surface area contributed by atoms with Gasteiger partial charge in [-0.05, 0) is 50.9 Å². The van der Waals surface area contributed by atoms with Gasteiger partial charge in [-0.3, -0.25) is 24.1 Å². The van der Waals surface area contributed by atoms with E-state index < -0.39 is 58.0 Å². The molecular formula is C29H34N4O8. The molecule has 6 N–H and O–H groups in total. The SMILES string of the molecule is CN(C)c1cc(CN2C=C(C=O)CC2)c(O)c2c1C[C@H]1C[C@H]3[C@H](N(C)C)C(=O)C(C(N)=O)=C(O)[C@@]3(O)C(=O)C1=C2O. The van der Waals surface area contributed by atoms with Crippen molar-refractivity contribution in [2.24, 2.45) is 17.6 Å². The van der Waals surface area contributed by atoms with E-state index in [9.17, 15) is 39.6 Å². The lowest BCUT2D eigenvalue weighted by Crippen LogP contribution is -2.65. The van der Waals surface area contributed by atoms with Crippen LogP contribution >= 0.6 is 0 Å². The predicted molar refractivity (Wildman–Crippen MR) is 148 cm³/mol. The number of benzene rings is 1. The summed E-state index contributed by atoms with van der Waals surface area (Å²) in [5, 5.41) is 45.8. The molecular weight excluding hydrogens is 532 g/mol. The van der Waals surface area contributed by atoms with Crippen molar-refractivity contribution >= 4 is 35.2 Å². The Hall–Kier alpha value is -4.16. The highest BCUT2D eigenvalue weighted by atomic mass is 16.3. The number of ketones is 2. The molecule has 1 aromatic rings. The van der Waals surface area contributed by atoms with Crippen molar-refractivity contribution in [1.82, 2.24) is 9.80 Å². The van der Waals surface area contributed by atoms with Crippen LogP contribution in [0.3, 0.4) is 0 Å². The zero-order valence-corrected chi connectivity index (χ0v) is 23.3. The van der Waals surface area contributed by atoms with Gasteiger partial charge in [0, 0.05) is 61.7 Å². The number of nitrogens with zero attached hydrogens (tertiary/aromatic N) is 3. The van der Waals surface area contributed by atoms with E-state index >= 15 is 0 Å². The molecule has 1 heterocycles. The number of amides is 1. The summed E-state index contributed by atoms with van der Waals surface area (Å²) in [6.07, 6.45) is 3.30. The number of carbonyl (C=O) groups excluding carboxylic acids is 4. The Morgan fingerprint density at radius 2 is 1.88 bits per heavy atom. The van der Waals surface area contributed by atoms with Gasteiger partial charge >= 0.3 is 0 Å². The number of phenols is 1. The highest BCUT2D eigenvalue weighted by Gasteiger charge is 2.64. The van der Waals surface area contributed by atoms with Gasteiger partial charge in [-0.25, -0.2) is 0 Å². The molecule has 1 aliphatic heterocycles. The van der Waals surface area contributed by atoms with Crippen LogP contribution in [0.5, 0.6) is 5.75 Å². The summed E-state index contributed by atoms with van der Waals surface area (Å²) in [4.78, 5) is 55.8. The number of hydrogen-bond donors (Lipinski definition) is 5. The van der Waals surface area contributed by atoms with Gasteiger partial charge in [0.25, 0.3) is 5.91 Å². The van der Waals surface area contributed by atoms with Crippen LogP contribution in [0.15, 0.2) is 34.7 Å². The number of anilines is 1. The number of hydrogen-bond acceptors (Lipinski definition) is 11. The van der Waals surface area contributed by atoms with Crippen molar-refractivity contribution in [1.29, 1.82) is 0 Å². The van der Waals surface area contributed by atoms with Gasteiger partial charge in [-0.2, -0.15) is 0 Å². The zero-order chi connectivity index (χ0) is 30.1. The number of aliphatic hydroxyl groups is 3. The van der Waals surface area contributed by atoms with Gasteiger partial charge in [-0.1, -0.05) is 0 Å². The molecule has 4 aliphatic rings. The Labute approximate surface area is 236 Å². The standard InChI is InChI=1S/C29H34N4O8/c1-31(2)18-9-15(11-33-6-5-13(10-33)12-34)23(35)20-16(18)7-14-8-17-22(32(3)4)25(37)21(28(30)40)27(39)29(17,41)26(38)19(14)24(20)36/h9-10,12,14,17,22,35-36,39,41H,5-8,11H2,1-4H3,(H2,30,40)/t14-,17-,22-,29-/m0/s1. The maximum atomic E-state index is 14.1. The number of aliphatic hydroxyl groups excluding tert-OH is 2. The highest BCUT2D eigenvalue weighted by Crippen LogP contribution is 2.54. The van der Waals surface area contributed by atoms with Crippen molar-refractivity contribution in [2.75, 3.05) is 39.6 Å². The van der Waals surface area contributed by atoms with Crippen LogP contribution in [-0.2, 0) is 32.1 Å². The van der Waals surface area contributed by atoms with Crippen LogP contribution < -0.4 is 10.6 Å². The minimum Gasteiger partial charge on any atom is -0.508 e. The van der Waals surface area contributed by atoms with Gasteiger partial charge < -0.3 is 36.0 Å². The quantitative estimate of drug-likeness (QED) is 0.236. The first-order valence-electron chi connectivity index (χ1n) is 13.3. The van der Waals surface area contributed by atoms with Crippen molar-refractivity contribution in [3.63, 3.8) is 0 Å². The molecule has 0 aromatic heterocycles. The maximum Gasteiger partial charge on any atom is 0.255 e. The third-order valence-corrected chi connectivity index (χ3v) is 8.82. The lowest BCUT2D eigenvalue weighted by molar-refractivity contribution is -0.153. The van der Waals surface area contributed by atoms with Crippen molar-refractivity contribution in [3.8, 4) is 5.75 Å². The number of nitrogens with two attached hydrogens (primary N) is 1. The Morgan fingerprint density at radius 3 is 2.44 bits per heavy atom. The predicted octanol–water partition coefficient (Wildman–Crippen LogP) is 0.319. The lowest BCUT2D eigenvalue weighted by atomic mass is 9.57. The molecule has 1 fully saturated rings. The van der Waals surface area contributed by atoms with Gasteiger partial charge in [-0.15, -0.1) is 0 Å². The number of fused-ring (bicyclic) bond motifs is 3. The normalized spacial score (nSPS) is 27.5. The van der Waals surface area contributed by atoms with Crippen LogP contribution in [0.25, 0.3) is 5.76 Å². The van der Waals surface area contributed by atoms with Crippen LogP contribution in [0.4, 0.5) is 5.69 Å². The molecule has 41 heavy (non-hydrogen) atoms. The Balaban J connectivity index is 1.69. The fraction of sp³-hybridized carbons (Fsp3) is 0.448. The number of likely N-dealkylation sites (N-methyl/N-ethyl adjacent to an activating group) is 1. The van der Waals surface area contributed by atoms with E-state index in [-0.39, 0.29) is 36.3 Å². The zero-order valence-electron chi connectivity index (χ0n) is 23.3. The second-order valence-electron chi connectivity index (χ2n) is 11.7. The molecule has 0 radical (unpaired) electrons. The molecule has 12 heteroatoms. The first kappa shape index (κ1) is 28.4. The van der Waals surface area contributed by atoms with E-state index in [0.717, 1.165) is 6.29 Å². The van der Waals surface area contributed by atoms with E-state index in [2.05, 4.69) is 0 Å². The number of phenolic OH excluding ortho intramolecular Hbond substituents is 1. The van der Waals surface area contributed by atoms with E-state index in [1.807, 2.05) is 23.9 Å². The largest absolute Gasteiger partial charge is 0.508 e. The van der Waals surface area contributed by atoms with Gasteiger partial charge in [0.1, 0.15) is 29.1 Å². The summed E-state index contributed by atoms with van der Waals surface area (Å²) in [5.41, 5.74) is 4.07. The number of Topliss-reactive ketones (excluding diaryl/α,β-unsaturated/α-hetero) is 2. The fourth-order valence-electron chi connectivity index (χ4n) is 6.93. The van der Waals surface area contributed by atoms with Crippen LogP contribution in [0.1, 0.15) is 29.5 Å². The van der Waals surface area contributed by atoms with E-state index in [0.29, 0.717) is 35.4 Å². The molecule has 0 bridgehead atoms. The average Bonchev–Trinajstić information content (AvgIpc) is 3.34. The second kappa shape index (κ2) is 9.74. The van der Waals surface area contributed by atoms with Crippen molar-refractivity contribution in [2.45, 2.75) is 37.5 Å². The third-order valence-electron chi connectivity index (χ3n) is 8.82. The Bertz CT molecular complexity index is 1490. The number of rotatable bonds is 6. The molecule has 0 spiro atoms. The van der Waals surface area contributed by atoms with Crippen LogP contribution in [-0.4, -0.2) is 100 Å². The number of primary amides is 1. The maximum absolute atomic E-state index is 14.1. The highest BCUT2D eigenvalue weighted by molar-refractivity contribution is 6.24. The molecule has 0 unspecified atom stereocenters. The smallest absolute Gasteiger partial charge is 0.255 e. The second-order valence-corrected chi connectivity index (χ2v) is 11.7. The van der Waals surface area contributed by atoms with Crippen LogP contribution in [0, 0.1) is 11.8 Å². The van der Waals surface area contributed by atoms with Gasteiger partial charge in [0.05, 0.1) is 11.6 Å². The molecule has 218 valence electrons. The van der Waals surface area contributed by atoms with Crippen molar-refractivity contribution in [3.05, 3.63) is 51.4 Å². The summed E-state index contributed by atoms with van der Waals surface area (Å²) in [6.45, 7) is 0.810. The minimum atomic E-state index is -2.69. The molecule has 1 amide bonds. The molecule has 4 atom stereocenters. The van der Waals surface area contributed by atoms with Gasteiger partial charge in [0.15, 0.2) is 11.4 Å². The summed E-state index contributed by atoms with van der Waals surface area (Å²) in [5.74, 6) is -6.80. The minimum absolute atomic E-state index is 0.0220. The first-order chi connectivity index (χ1) is 19.2. The summed E-state index contributed by atoms with van der Waals surface area (Å²) >= 11 is 0. The number of carbonyl (C=O) groups is 4. The topological polar surface area (TPSA) is 185 Å². The number of aldehydes is 1. The van der Waals surface area contributed by atoms with Gasteiger partial charge in [0.2, 0.25) is 5.78 Å². The molecule has 1 saturated carbocycles. The molecule has 3 aliphatic carbocycles. The van der Waals surface area contributed by atoms with E-state index in [4.69, 9.17) is 5.73 Å². The molecule has 0 saturated heterocycles. The average molecular weight is 567 g/mol. The Kier molecular flexibility index (Phi) is 6.74. The van der Waals surface area contributed by atoms with Crippen molar-refractivity contribution < 1.29 is 39.6 Å². The monoisotopic (exact) mass is 566 g/mol. The number of aromatic hydroxyl groups is 1. The first-order valence-corrected chi connectivity index (χ1v) is 13.3. The molecule has 5 rings (SSSR count). The lowest BCUT2D eigenvalue weighted by Gasteiger charge is -2.50. The van der Waals surface area contributed by atoms with E-state index in [1.165, 1.54) is 4.90 Å². The molecule has 12 nitrogen and oxygen atoms in total. The Morgan fingerprint density at radius 1 is 1.20 bits per heavy atom. The summed E-state index contributed by atoms with van der Waals surface area (Å²) in [6, 6.07) is 0.669. The summed E-state index contributed by atoms with van der Waals surface area (Å²) < 4.78 is 0. The summed E-state index contributed by atoms with van der Waals surface area (Å²) in [7, 11) is 6.75. The molecule has 1 aromatic carbocycles.